The third-order valence-electron chi connectivity index (χ3n) is 5.29. The van der Waals surface area contributed by atoms with Gasteiger partial charge in [0.2, 0.25) is 5.95 Å². The molecule has 0 spiro atoms. The average molecular weight is 372 g/mol. The first-order valence-electron chi connectivity index (χ1n) is 9.02. The predicted octanol–water partition coefficient (Wildman–Crippen LogP) is 2.03. The van der Waals surface area contributed by atoms with E-state index in [0.717, 1.165) is 50.9 Å². The quantitative estimate of drug-likeness (QED) is 0.765. The Kier molecular flexibility index (Phi) is 5.02. The summed E-state index contributed by atoms with van der Waals surface area (Å²) in [5.74, 6) is 1.77. The van der Waals surface area contributed by atoms with E-state index in [9.17, 15) is 4.55 Å². The SMILES string of the molecule is CC(c1ccc2c(c1)OCC2)N1CCN(c2ncc([S+](C)[O-])cn2)CC1. The van der Waals surface area contributed by atoms with Crippen LogP contribution in [0.3, 0.4) is 0 Å². The van der Waals surface area contributed by atoms with E-state index in [0.29, 0.717) is 10.9 Å². The summed E-state index contributed by atoms with van der Waals surface area (Å²) >= 11 is -1.04. The molecule has 2 aliphatic rings. The van der Waals surface area contributed by atoms with Crippen molar-refractivity contribution in [1.29, 1.82) is 0 Å². The molecule has 1 aromatic heterocycles. The van der Waals surface area contributed by atoms with Crippen molar-refractivity contribution in [3.63, 3.8) is 0 Å². The van der Waals surface area contributed by atoms with E-state index in [-0.39, 0.29) is 0 Å². The van der Waals surface area contributed by atoms with E-state index >= 15 is 0 Å². The van der Waals surface area contributed by atoms with Crippen molar-refractivity contribution in [3.8, 4) is 5.75 Å². The van der Waals surface area contributed by atoms with Crippen LogP contribution in [-0.4, -0.2) is 58.5 Å². The summed E-state index contributed by atoms with van der Waals surface area (Å²) < 4.78 is 17.2. The van der Waals surface area contributed by atoms with Gasteiger partial charge >= 0.3 is 0 Å². The maximum atomic E-state index is 11.5. The van der Waals surface area contributed by atoms with Gasteiger partial charge in [-0.25, -0.2) is 9.97 Å². The number of piperazine rings is 1. The van der Waals surface area contributed by atoms with E-state index < -0.39 is 11.2 Å². The molecule has 4 rings (SSSR count). The van der Waals surface area contributed by atoms with Crippen molar-refractivity contribution in [1.82, 2.24) is 14.9 Å². The monoisotopic (exact) mass is 372 g/mol. The molecule has 7 heteroatoms. The van der Waals surface area contributed by atoms with E-state index in [4.69, 9.17) is 4.74 Å². The summed E-state index contributed by atoms with van der Waals surface area (Å²) in [6, 6.07) is 7.00. The summed E-state index contributed by atoms with van der Waals surface area (Å²) in [5, 5.41) is 0. The summed E-state index contributed by atoms with van der Waals surface area (Å²) in [5.41, 5.74) is 2.63. The van der Waals surface area contributed by atoms with E-state index in [1.807, 2.05) is 0 Å². The minimum absolute atomic E-state index is 0.359. The Balaban J connectivity index is 1.38. The maximum Gasteiger partial charge on any atom is 0.225 e. The largest absolute Gasteiger partial charge is 0.612 e. The van der Waals surface area contributed by atoms with Gasteiger partial charge in [-0.3, -0.25) is 4.90 Å². The predicted molar refractivity (Wildman–Crippen MR) is 102 cm³/mol. The molecule has 0 bridgehead atoms. The highest BCUT2D eigenvalue weighted by atomic mass is 32.2. The zero-order chi connectivity index (χ0) is 18.1. The van der Waals surface area contributed by atoms with Gasteiger partial charge in [0, 0.05) is 38.6 Å². The zero-order valence-corrected chi connectivity index (χ0v) is 16.0. The highest BCUT2D eigenvalue weighted by Gasteiger charge is 2.24. The van der Waals surface area contributed by atoms with Crippen LogP contribution < -0.4 is 9.64 Å². The molecule has 0 saturated carbocycles. The van der Waals surface area contributed by atoms with Crippen LogP contribution in [0.5, 0.6) is 5.75 Å². The Bertz CT molecular complexity index is 761. The second kappa shape index (κ2) is 7.42. The first-order valence-corrected chi connectivity index (χ1v) is 10.6. The Morgan fingerprint density at radius 1 is 1.15 bits per heavy atom. The number of rotatable bonds is 4. The van der Waals surface area contributed by atoms with Crippen molar-refractivity contribution in [2.45, 2.75) is 24.3 Å². The molecule has 0 aliphatic carbocycles. The molecule has 1 saturated heterocycles. The first kappa shape index (κ1) is 17.6. The molecule has 0 radical (unpaired) electrons. The molecule has 2 aromatic rings. The van der Waals surface area contributed by atoms with Crippen LogP contribution in [0.15, 0.2) is 35.5 Å². The Morgan fingerprint density at radius 2 is 1.88 bits per heavy atom. The smallest absolute Gasteiger partial charge is 0.225 e. The third-order valence-corrected chi connectivity index (χ3v) is 6.17. The molecule has 1 aromatic carbocycles. The van der Waals surface area contributed by atoms with Crippen LogP contribution in [0.4, 0.5) is 5.95 Å². The highest BCUT2D eigenvalue weighted by molar-refractivity contribution is 7.90. The molecule has 2 unspecified atom stereocenters. The fourth-order valence-corrected chi connectivity index (χ4v) is 3.99. The standard InChI is InChI=1S/C19H24N4O2S/c1-14(16-4-3-15-5-10-25-18(15)11-16)22-6-8-23(9-7-22)19-20-12-17(13-21-19)26(2)24/h3-4,11-14H,5-10H2,1-2H3. The summed E-state index contributed by atoms with van der Waals surface area (Å²) in [7, 11) is 0. The number of hydrogen-bond donors (Lipinski definition) is 0. The molecule has 2 aliphatic heterocycles. The number of anilines is 1. The Hall–Kier alpha value is -1.83. The Morgan fingerprint density at radius 3 is 2.58 bits per heavy atom. The van der Waals surface area contributed by atoms with Crippen LogP contribution >= 0.6 is 0 Å². The van der Waals surface area contributed by atoms with Gasteiger partial charge in [0.1, 0.15) is 12.0 Å². The van der Waals surface area contributed by atoms with Gasteiger partial charge in [0.15, 0.2) is 4.90 Å². The van der Waals surface area contributed by atoms with E-state index in [1.54, 1.807) is 18.6 Å². The third kappa shape index (κ3) is 3.51. The van der Waals surface area contributed by atoms with Crippen LogP contribution in [0.1, 0.15) is 24.1 Å². The fraction of sp³-hybridized carbons (Fsp3) is 0.474. The number of fused-ring (bicyclic) bond motifs is 1. The van der Waals surface area contributed by atoms with Crippen LogP contribution in [0, 0.1) is 0 Å². The van der Waals surface area contributed by atoms with Crippen LogP contribution in [0.25, 0.3) is 0 Å². The summed E-state index contributed by atoms with van der Waals surface area (Å²) in [6.07, 6.45) is 5.99. The second-order valence-corrected chi connectivity index (χ2v) is 8.22. The molecule has 6 nitrogen and oxygen atoms in total. The molecular weight excluding hydrogens is 348 g/mol. The molecule has 1 fully saturated rings. The van der Waals surface area contributed by atoms with Gasteiger partial charge in [-0.05, 0) is 35.3 Å². The van der Waals surface area contributed by atoms with E-state index in [1.165, 1.54) is 11.1 Å². The summed E-state index contributed by atoms with van der Waals surface area (Å²) in [6.45, 7) is 6.76. The van der Waals surface area contributed by atoms with Crippen LogP contribution in [0.2, 0.25) is 0 Å². The van der Waals surface area contributed by atoms with Crippen molar-refractivity contribution in [2.24, 2.45) is 0 Å². The van der Waals surface area contributed by atoms with Gasteiger partial charge in [0.25, 0.3) is 0 Å². The number of hydrogen-bond acceptors (Lipinski definition) is 6. The first-order chi connectivity index (χ1) is 12.6. The van der Waals surface area contributed by atoms with Crippen molar-refractivity contribution in [3.05, 3.63) is 41.7 Å². The number of nitrogens with zero attached hydrogens (tertiary/aromatic N) is 4. The van der Waals surface area contributed by atoms with Gasteiger partial charge < -0.3 is 14.2 Å². The van der Waals surface area contributed by atoms with Gasteiger partial charge in [0.05, 0.1) is 19.0 Å². The zero-order valence-electron chi connectivity index (χ0n) is 15.2. The molecule has 0 N–H and O–H groups in total. The lowest BCUT2D eigenvalue weighted by atomic mass is 10.0. The molecule has 3 heterocycles. The van der Waals surface area contributed by atoms with Gasteiger partial charge in [-0.1, -0.05) is 12.1 Å². The molecule has 2 atom stereocenters. The lowest BCUT2D eigenvalue weighted by Crippen LogP contribution is -2.47. The minimum Gasteiger partial charge on any atom is -0.612 e. The molecule has 26 heavy (non-hydrogen) atoms. The van der Waals surface area contributed by atoms with Crippen molar-refractivity contribution in [2.75, 3.05) is 43.9 Å². The van der Waals surface area contributed by atoms with Gasteiger partial charge in [-0.2, -0.15) is 0 Å². The summed E-state index contributed by atoms with van der Waals surface area (Å²) in [4.78, 5) is 14.1. The fourth-order valence-electron chi connectivity index (χ4n) is 3.58. The molecular formula is C19H24N4O2S. The van der Waals surface area contributed by atoms with Crippen molar-refractivity contribution < 1.29 is 9.29 Å². The number of ether oxygens (including phenoxy) is 1. The van der Waals surface area contributed by atoms with Gasteiger partial charge in [-0.15, -0.1) is 0 Å². The van der Waals surface area contributed by atoms with Crippen LogP contribution in [-0.2, 0) is 17.6 Å². The Labute approximate surface area is 157 Å². The number of aromatic nitrogens is 2. The number of benzene rings is 1. The highest BCUT2D eigenvalue weighted by Crippen LogP contribution is 2.31. The topological polar surface area (TPSA) is 64.5 Å². The van der Waals surface area contributed by atoms with Crippen molar-refractivity contribution >= 4 is 17.1 Å². The average Bonchev–Trinajstić information content (AvgIpc) is 3.15. The lowest BCUT2D eigenvalue weighted by Gasteiger charge is -2.38. The second-order valence-electron chi connectivity index (χ2n) is 6.84. The lowest BCUT2D eigenvalue weighted by molar-refractivity contribution is 0.197. The molecule has 138 valence electrons. The molecule has 0 amide bonds. The van der Waals surface area contributed by atoms with E-state index in [2.05, 4.69) is 44.9 Å². The maximum absolute atomic E-state index is 11.5. The normalized spacial score (nSPS) is 19.7. The minimum atomic E-state index is -1.04.